The standard InChI is InChI=1S/C13H18N2O5/c1-2-8-20-12-9-10(5-6-11(12)15(18)19)14-7-3-4-13(16)17/h5-6,9,14H,2-4,7-8H2,1H3,(H,16,17). The quantitative estimate of drug-likeness (QED) is 0.410. The number of nitro groups is 1. The van der Waals surface area contributed by atoms with E-state index in [1.807, 2.05) is 6.92 Å². The normalized spacial score (nSPS) is 10.1. The largest absolute Gasteiger partial charge is 0.487 e. The minimum atomic E-state index is -0.845. The van der Waals surface area contributed by atoms with Gasteiger partial charge in [0.1, 0.15) is 0 Å². The lowest BCUT2D eigenvalue weighted by atomic mass is 10.2. The van der Waals surface area contributed by atoms with Gasteiger partial charge in [0.15, 0.2) is 5.75 Å². The number of rotatable bonds is 9. The Hall–Kier alpha value is -2.31. The second kappa shape index (κ2) is 7.98. The third-order valence-corrected chi connectivity index (χ3v) is 2.51. The summed E-state index contributed by atoms with van der Waals surface area (Å²) in [6, 6.07) is 4.52. The molecule has 0 heterocycles. The van der Waals surface area contributed by atoms with Crippen molar-refractivity contribution in [1.82, 2.24) is 0 Å². The molecule has 2 N–H and O–H groups in total. The van der Waals surface area contributed by atoms with E-state index in [-0.39, 0.29) is 17.9 Å². The van der Waals surface area contributed by atoms with Crippen LogP contribution in [0, 0.1) is 10.1 Å². The number of nitrogens with zero attached hydrogens (tertiary/aromatic N) is 1. The minimum absolute atomic E-state index is 0.0745. The fourth-order valence-electron chi connectivity index (χ4n) is 1.57. The van der Waals surface area contributed by atoms with Crippen molar-refractivity contribution in [3.63, 3.8) is 0 Å². The lowest BCUT2D eigenvalue weighted by molar-refractivity contribution is -0.385. The molecule has 0 aliphatic rings. The molecule has 0 aliphatic heterocycles. The number of aliphatic carboxylic acids is 1. The summed E-state index contributed by atoms with van der Waals surface area (Å²) in [6.07, 6.45) is 1.32. The number of nitrogens with one attached hydrogen (secondary N) is 1. The molecule has 1 rings (SSSR count). The minimum Gasteiger partial charge on any atom is -0.487 e. The molecule has 7 nitrogen and oxygen atoms in total. The lowest BCUT2D eigenvalue weighted by Crippen LogP contribution is -2.06. The van der Waals surface area contributed by atoms with Crippen molar-refractivity contribution in [2.45, 2.75) is 26.2 Å². The van der Waals surface area contributed by atoms with Crippen LogP contribution < -0.4 is 10.1 Å². The fraction of sp³-hybridized carbons (Fsp3) is 0.462. The predicted molar refractivity (Wildman–Crippen MR) is 74.2 cm³/mol. The van der Waals surface area contributed by atoms with Crippen molar-refractivity contribution in [3.8, 4) is 5.75 Å². The van der Waals surface area contributed by atoms with Crippen molar-refractivity contribution < 1.29 is 19.6 Å². The number of hydrogen-bond donors (Lipinski definition) is 2. The van der Waals surface area contributed by atoms with Gasteiger partial charge in [-0.2, -0.15) is 0 Å². The van der Waals surface area contributed by atoms with Crippen LogP contribution in [-0.2, 0) is 4.79 Å². The number of hydrogen-bond acceptors (Lipinski definition) is 5. The predicted octanol–water partition coefficient (Wildman–Crippen LogP) is 2.66. The maximum absolute atomic E-state index is 10.9. The van der Waals surface area contributed by atoms with E-state index < -0.39 is 10.9 Å². The van der Waals surface area contributed by atoms with Gasteiger partial charge in [-0.15, -0.1) is 0 Å². The van der Waals surface area contributed by atoms with E-state index in [4.69, 9.17) is 9.84 Å². The Morgan fingerprint density at radius 2 is 2.25 bits per heavy atom. The molecule has 0 aromatic heterocycles. The highest BCUT2D eigenvalue weighted by atomic mass is 16.6. The van der Waals surface area contributed by atoms with Gasteiger partial charge in [-0.25, -0.2) is 0 Å². The van der Waals surface area contributed by atoms with Gasteiger partial charge in [0.05, 0.1) is 11.5 Å². The Morgan fingerprint density at radius 3 is 2.85 bits per heavy atom. The first-order valence-electron chi connectivity index (χ1n) is 6.41. The van der Waals surface area contributed by atoms with Crippen LogP contribution in [0.2, 0.25) is 0 Å². The van der Waals surface area contributed by atoms with Gasteiger partial charge in [0.25, 0.3) is 0 Å². The van der Waals surface area contributed by atoms with Gasteiger partial charge in [-0.05, 0) is 18.9 Å². The summed E-state index contributed by atoms with van der Waals surface area (Å²) in [5.74, 6) is -0.623. The maximum Gasteiger partial charge on any atom is 0.311 e. The number of anilines is 1. The highest BCUT2D eigenvalue weighted by Crippen LogP contribution is 2.30. The van der Waals surface area contributed by atoms with Crippen molar-refractivity contribution in [1.29, 1.82) is 0 Å². The van der Waals surface area contributed by atoms with Crippen molar-refractivity contribution >= 4 is 17.3 Å². The highest BCUT2D eigenvalue weighted by Gasteiger charge is 2.15. The van der Waals surface area contributed by atoms with E-state index in [0.717, 1.165) is 6.42 Å². The van der Waals surface area contributed by atoms with Gasteiger partial charge in [-0.3, -0.25) is 14.9 Å². The van der Waals surface area contributed by atoms with E-state index in [1.165, 1.54) is 6.07 Å². The van der Waals surface area contributed by atoms with Gasteiger partial charge >= 0.3 is 11.7 Å². The van der Waals surface area contributed by atoms with E-state index in [0.29, 0.717) is 25.3 Å². The molecule has 110 valence electrons. The fourth-order valence-corrected chi connectivity index (χ4v) is 1.57. The van der Waals surface area contributed by atoms with E-state index in [1.54, 1.807) is 12.1 Å². The zero-order valence-electron chi connectivity index (χ0n) is 11.3. The molecule has 0 saturated carbocycles. The molecule has 20 heavy (non-hydrogen) atoms. The third-order valence-electron chi connectivity index (χ3n) is 2.51. The average Bonchev–Trinajstić information content (AvgIpc) is 2.41. The van der Waals surface area contributed by atoms with Crippen molar-refractivity contribution in [2.75, 3.05) is 18.5 Å². The molecule has 1 aromatic rings. The summed E-state index contributed by atoms with van der Waals surface area (Å²) in [5.41, 5.74) is 0.599. The van der Waals surface area contributed by atoms with Gasteiger partial charge in [-0.1, -0.05) is 6.92 Å². The van der Waals surface area contributed by atoms with E-state index >= 15 is 0 Å². The highest BCUT2D eigenvalue weighted by molar-refractivity contribution is 5.66. The third kappa shape index (κ3) is 5.13. The number of benzene rings is 1. The van der Waals surface area contributed by atoms with E-state index in [9.17, 15) is 14.9 Å². The molecule has 0 amide bonds. The summed E-state index contributed by atoms with van der Waals surface area (Å²) in [5, 5.41) is 22.4. The van der Waals surface area contributed by atoms with Crippen LogP contribution in [0.4, 0.5) is 11.4 Å². The number of carboxylic acids is 1. The Morgan fingerprint density at radius 1 is 1.50 bits per heavy atom. The van der Waals surface area contributed by atoms with Crippen LogP contribution in [0.15, 0.2) is 18.2 Å². The summed E-state index contributed by atoms with van der Waals surface area (Å²) in [4.78, 5) is 20.8. The summed E-state index contributed by atoms with van der Waals surface area (Å²) >= 11 is 0. The molecule has 0 bridgehead atoms. The zero-order valence-corrected chi connectivity index (χ0v) is 11.3. The second-order valence-corrected chi connectivity index (χ2v) is 4.21. The Kier molecular flexibility index (Phi) is 6.28. The smallest absolute Gasteiger partial charge is 0.311 e. The van der Waals surface area contributed by atoms with Gasteiger partial charge in [0.2, 0.25) is 0 Å². The Labute approximate surface area is 116 Å². The van der Waals surface area contributed by atoms with Crippen LogP contribution >= 0.6 is 0 Å². The molecular formula is C13H18N2O5. The topological polar surface area (TPSA) is 102 Å². The average molecular weight is 282 g/mol. The van der Waals surface area contributed by atoms with Gasteiger partial charge in [0, 0.05) is 30.8 Å². The first kappa shape index (κ1) is 15.7. The number of nitro benzene ring substituents is 1. The number of ether oxygens (including phenoxy) is 1. The van der Waals surface area contributed by atoms with Crippen molar-refractivity contribution in [3.05, 3.63) is 28.3 Å². The lowest BCUT2D eigenvalue weighted by Gasteiger charge is -2.09. The van der Waals surface area contributed by atoms with Crippen molar-refractivity contribution in [2.24, 2.45) is 0 Å². The molecule has 0 radical (unpaired) electrons. The Balaban J connectivity index is 2.68. The molecular weight excluding hydrogens is 264 g/mol. The maximum atomic E-state index is 10.9. The molecule has 0 atom stereocenters. The molecule has 0 unspecified atom stereocenters. The Bertz CT molecular complexity index is 476. The van der Waals surface area contributed by atoms with E-state index in [2.05, 4.69) is 5.32 Å². The monoisotopic (exact) mass is 282 g/mol. The van der Waals surface area contributed by atoms with Crippen LogP contribution in [-0.4, -0.2) is 29.2 Å². The molecule has 1 aromatic carbocycles. The molecule has 0 spiro atoms. The molecule has 0 saturated heterocycles. The zero-order chi connectivity index (χ0) is 15.0. The van der Waals surface area contributed by atoms with Crippen LogP contribution in [0.1, 0.15) is 26.2 Å². The molecule has 0 fully saturated rings. The summed E-state index contributed by atoms with van der Waals surface area (Å²) in [6.45, 7) is 2.81. The number of carbonyl (C=O) groups is 1. The van der Waals surface area contributed by atoms with Crippen LogP contribution in [0.3, 0.4) is 0 Å². The van der Waals surface area contributed by atoms with Crippen LogP contribution in [0.25, 0.3) is 0 Å². The van der Waals surface area contributed by atoms with Crippen LogP contribution in [0.5, 0.6) is 5.75 Å². The molecule has 7 heteroatoms. The second-order valence-electron chi connectivity index (χ2n) is 4.21. The first-order valence-corrected chi connectivity index (χ1v) is 6.41. The SMILES string of the molecule is CCCOc1cc(NCCCC(=O)O)ccc1[N+](=O)[O-]. The van der Waals surface area contributed by atoms with Gasteiger partial charge < -0.3 is 15.2 Å². The first-order chi connectivity index (χ1) is 9.54. The molecule has 0 aliphatic carbocycles. The summed E-state index contributed by atoms with van der Waals surface area (Å²) in [7, 11) is 0. The summed E-state index contributed by atoms with van der Waals surface area (Å²) < 4.78 is 5.36. The number of carboxylic acid groups (broad SMARTS) is 1.